The molecule has 1 N–H and O–H groups in total. The van der Waals surface area contributed by atoms with Gasteiger partial charge in [-0.3, -0.25) is 0 Å². The van der Waals surface area contributed by atoms with Crippen LogP contribution in [-0.4, -0.2) is 34.7 Å². The lowest BCUT2D eigenvalue weighted by molar-refractivity contribution is -0.200. The molecular weight excluding hydrogens is 314 g/mol. The Hall–Kier alpha value is -2.11. The van der Waals surface area contributed by atoms with E-state index in [9.17, 15) is 4.79 Å². The average molecular weight is 339 g/mol. The Labute approximate surface area is 148 Å². The Bertz CT molecular complexity index is 695. The minimum Gasteiger partial charge on any atom is -0.366 e. The number of piperidine rings is 1. The van der Waals surface area contributed by atoms with Crippen LogP contribution >= 0.6 is 0 Å². The molecule has 1 saturated heterocycles. The van der Waals surface area contributed by atoms with Crippen molar-refractivity contribution in [2.24, 2.45) is 0 Å². The van der Waals surface area contributed by atoms with Crippen molar-refractivity contribution in [2.45, 2.75) is 43.8 Å². The van der Waals surface area contributed by atoms with Gasteiger partial charge in [0.15, 0.2) is 5.54 Å². The summed E-state index contributed by atoms with van der Waals surface area (Å²) in [4.78, 5) is 18.7. The van der Waals surface area contributed by atoms with Crippen molar-refractivity contribution >= 4 is 5.97 Å². The highest BCUT2D eigenvalue weighted by Crippen LogP contribution is 2.45. The third-order valence-electron chi connectivity index (χ3n) is 5.27. The second-order valence-corrected chi connectivity index (χ2v) is 7.01. The standard InChI is InChI=1S/C20H25N3O2/c24-19(25-23-13-5-2-6-14-23)20(22-11-7-8-12-22)15-18(20)21-16-17-9-3-1-4-10-17/h1,3-4,7-12,18,21H,2,5-6,13-16H2. The quantitative estimate of drug-likeness (QED) is 0.879. The second kappa shape index (κ2) is 7.02. The molecule has 1 aromatic carbocycles. The highest BCUT2D eigenvalue weighted by molar-refractivity contribution is 5.84. The maximum Gasteiger partial charge on any atom is 0.352 e. The van der Waals surface area contributed by atoms with Gasteiger partial charge in [-0.15, -0.1) is 5.06 Å². The molecule has 2 fully saturated rings. The van der Waals surface area contributed by atoms with Crippen molar-refractivity contribution in [3.63, 3.8) is 0 Å². The minimum absolute atomic E-state index is 0.0948. The molecule has 0 bridgehead atoms. The Balaban J connectivity index is 1.45. The Morgan fingerprint density at radius 1 is 1.08 bits per heavy atom. The van der Waals surface area contributed by atoms with Crippen LogP contribution in [0, 0.1) is 0 Å². The Morgan fingerprint density at radius 2 is 1.80 bits per heavy atom. The van der Waals surface area contributed by atoms with Gasteiger partial charge in [0.1, 0.15) is 0 Å². The van der Waals surface area contributed by atoms with E-state index in [0.29, 0.717) is 0 Å². The first-order valence-corrected chi connectivity index (χ1v) is 9.17. The number of hydrogen-bond acceptors (Lipinski definition) is 4. The summed E-state index contributed by atoms with van der Waals surface area (Å²) in [6.45, 7) is 2.44. The predicted molar refractivity (Wildman–Crippen MR) is 95.6 cm³/mol. The van der Waals surface area contributed by atoms with E-state index in [4.69, 9.17) is 4.84 Å². The van der Waals surface area contributed by atoms with Gasteiger partial charge < -0.3 is 14.7 Å². The molecule has 2 atom stereocenters. The molecule has 4 rings (SSSR count). The third kappa shape index (κ3) is 3.34. The monoisotopic (exact) mass is 339 g/mol. The van der Waals surface area contributed by atoms with E-state index in [1.807, 2.05) is 52.4 Å². The molecule has 5 heteroatoms. The molecule has 1 aromatic heterocycles. The first kappa shape index (κ1) is 16.4. The normalized spacial score (nSPS) is 26.3. The van der Waals surface area contributed by atoms with Gasteiger partial charge in [-0.05, 0) is 30.5 Å². The van der Waals surface area contributed by atoms with Crippen LogP contribution in [0.15, 0.2) is 54.9 Å². The second-order valence-electron chi connectivity index (χ2n) is 7.01. The van der Waals surface area contributed by atoms with Crippen LogP contribution in [0.4, 0.5) is 0 Å². The molecule has 2 aliphatic rings. The molecule has 0 spiro atoms. The van der Waals surface area contributed by atoms with Gasteiger partial charge in [0, 0.05) is 44.5 Å². The summed E-state index contributed by atoms with van der Waals surface area (Å²) in [5.41, 5.74) is 0.607. The third-order valence-corrected chi connectivity index (χ3v) is 5.27. The summed E-state index contributed by atoms with van der Waals surface area (Å²) in [7, 11) is 0. The Morgan fingerprint density at radius 3 is 2.52 bits per heavy atom. The minimum atomic E-state index is -0.615. The summed E-state index contributed by atoms with van der Waals surface area (Å²) < 4.78 is 2.00. The Kier molecular flexibility index (Phi) is 4.59. The topological polar surface area (TPSA) is 46.5 Å². The van der Waals surface area contributed by atoms with Crippen LogP contribution in [0.3, 0.4) is 0 Å². The molecule has 2 heterocycles. The smallest absolute Gasteiger partial charge is 0.352 e. The molecule has 0 radical (unpaired) electrons. The molecule has 1 aliphatic heterocycles. The molecule has 0 amide bonds. The summed E-state index contributed by atoms with van der Waals surface area (Å²) in [6.07, 6.45) is 8.10. The van der Waals surface area contributed by atoms with Gasteiger partial charge in [0.05, 0.1) is 0 Å². The van der Waals surface area contributed by atoms with Crippen molar-refractivity contribution in [3.05, 3.63) is 60.4 Å². The SMILES string of the molecule is O=C(ON1CCCCC1)C1(n2cccc2)CC1NCc1ccccc1. The van der Waals surface area contributed by atoms with E-state index in [0.717, 1.165) is 38.9 Å². The first-order chi connectivity index (χ1) is 12.3. The van der Waals surface area contributed by atoms with Crippen molar-refractivity contribution in [2.75, 3.05) is 13.1 Å². The lowest BCUT2D eigenvalue weighted by Gasteiger charge is -2.28. The maximum absolute atomic E-state index is 13.0. The predicted octanol–water partition coefficient (Wildman–Crippen LogP) is 2.69. The van der Waals surface area contributed by atoms with E-state index < -0.39 is 5.54 Å². The van der Waals surface area contributed by atoms with E-state index >= 15 is 0 Å². The zero-order valence-corrected chi connectivity index (χ0v) is 14.4. The molecule has 2 unspecified atom stereocenters. The number of hydroxylamine groups is 2. The summed E-state index contributed by atoms with van der Waals surface area (Å²) in [5.74, 6) is -0.142. The lowest BCUT2D eigenvalue weighted by atomic mass is 10.2. The van der Waals surface area contributed by atoms with Gasteiger partial charge in [0.2, 0.25) is 0 Å². The fraction of sp³-hybridized carbons (Fsp3) is 0.450. The number of hydrogen-bond donors (Lipinski definition) is 1. The van der Waals surface area contributed by atoms with Gasteiger partial charge in [0.25, 0.3) is 0 Å². The van der Waals surface area contributed by atoms with Gasteiger partial charge in [-0.25, -0.2) is 4.79 Å². The molecule has 25 heavy (non-hydrogen) atoms. The lowest BCUT2D eigenvalue weighted by Crippen LogP contribution is -2.42. The zero-order chi connectivity index (χ0) is 17.1. The van der Waals surface area contributed by atoms with E-state index in [2.05, 4.69) is 17.4 Å². The van der Waals surface area contributed by atoms with Crippen molar-refractivity contribution in [1.82, 2.24) is 14.9 Å². The van der Waals surface area contributed by atoms with E-state index in [1.165, 1.54) is 12.0 Å². The van der Waals surface area contributed by atoms with Crippen LogP contribution in [0.25, 0.3) is 0 Å². The molecular formula is C20H25N3O2. The molecule has 5 nitrogen and oxygen atoms in total. The van der Waals surface area contributed by atoms with Crippen LogP contribution in [-0.2, 0) is 21.7 Å². The van der Waals surface area contributed by atoms with Crippen molar-refractivity contribution in [3.8, 4) is 0 Å². The van der Waals surface area contributed by atoms with E-state index in [-0.39, 0.29) is 12.0 Å². The number of nitrogens with one attached hydrogen (secondary N) is 1. The number of aromatic nitrogens is 1. The molecule has 132 valence electrons. The van der Waals surface area contributed by atoms with Gasteiger partial charge >= 0.3 is 5.97 Å². The number of nitrogens with zero attached hydrogens (tertiary/aromatic N) is 2. The number of carbonyl (C=O) groups excluding carboxylic acids is 1. The van der Waals surface area contributed by atoms with Gasteiger partial charge in [-0.2, -0.15) is 0 Å². The van der Waals surface area contributed by atoms with Crippen molar-refractivity contribution in [1.29, 1.82) is 0 Å². The van der Waals surface area contributed by atoms with Crippen LogP contribution in [0.2, 0.25) is 0 Å². The summed E-state index contributed by atoms with van der Waals surface area (Å²) in [5, 5.41) is 5.37. The molecule has 1 saturated carbocycles. The highest BCUT2D eigenvalue weighted by Gasteiger charge is 2.63. The van der Waals surface area contributed by atoms with Crippen LogP contribution < -0.4 is 5.32 Å². The average Bonchev–Trinajstić information content (AvgIpc) is 3.13. The summed E-state index contributed by atoms with van der Waals surface area (Å²) in [6, 6.07) is 14.3. The van der Waals surface area contributed by atoms with Crippen LogP contribution in [0.5, 0.6) is 0 Å². The highest BCUT2D eigenvalue weighted by atomic mass is 16.7. The van der Waals surface area contributed by atoms with Crippen molar-refractivity contribution < 1.29 is 9.63 Å². The number of carbonyl (C=O) groups is 1. The largest absolute Gasteiger partial charge is 0.366 e. The molecule has 1 aliphatic carbocycles. The van der Waals surface area contributed by atoms with Gasteiger partial charge in [-0.1, -0.05) is 36.8 Å². The first-order valence-electron chi connectivity index (χ1n) is 9.17. The summed E-state index contributed by atoms with van der Waals surface area (Å²) >= 11 is 0. The fourth-order valence-corrected chi connectivity index (χ4v) is 3.70. The zero-order valence-electron chi connectivity index (χ0n) is 14.4. The number of benzene rings is 1. The van der Waals surface area contributed by atoms with Crippen LogP contribution in [0.1, 0.15) is 31.2 Å². The van der Waals surface area contributed by atoms with E-state index in [1.54, 1.807) is 0 Å². The maximum atomic E-state index is 13.0. The fourth-order valence-electron chi connectivity index (χ4n) is 3.70. The molecule has 2 aromatic rings. The number of rotatable bonds is 6.